The number of rotatable bonds is 5. The third kappa shape index (κ3) is 4.81. The van der Waals surface area contributed by atoms with E-state index in [0.717, 1.165) is 10.6 Å². The number of hydrogen-bond acceptors (Lipinski definition) is 4. The first-order valence-electron chi connectivity index (χ1n) is 7.41. The second-order valence-electron chi connectivity index (χ2n) is 5.15. The highest BCUT2D eigenvalue weighted by Crippen LogP contribution is 2.24. The molecule has 0 radical (unpaired) electrons. The van der Waals surface area contributed by atoms with E-state index in [1.54, 1.807) is 29.6 Å². The van der Waals surface area contributed by atoms with Crippen LogP contribution in [0.15, 0.2) is 60.0 Å². The van der Waals surface area contributed by atoms with Gasteiger partial charge in [0.2, 0.25) is 0 Å². The molecule has 0 amide bonds. The van der Waals surface area contributed by atoms with Crippen molar-refractivity contribution >= 4 is 23.4 Å². The van der Waals surface area contributed by atoms with Crippen LogP contribution >= 0.6 is 11.3 Å². The molecule has 0 N–H and O–H groups in total. The van der Waals surface area contributed by atoms with E-state index in [1.165, 1.54) is 47.8 Å². The maximum Gasteiger partial charge on any atom is 0.331 e. The average Bonchev–Trinajstić information content (AvgIpc) is 3.08. The molecule has 6 heteroatoms. The quantitative estimate of drug-likeness (QED) is 0.484. The molecule has 0 aliphatic rings. The van der Waals surface area contributed by atoms with Gasteiger partial charge in [-0.1, -0.05) is 12.1 Å². The van der Waals surface area contributed by atoms with Crippen molar-refractivity contribution in [2.45, 2.75) is 6.61 Å². The molecule has 1 heterocycles. The first-order valence-corrected chi connectivity index (χ1v) is 8.29. The number of nitrogens with zero attached hydrogens (tertiary/aromatic N) is 1. The smallest absolute Gasteiger partial charge is 0.331 e. The number of thiazole rings is 1. The van der Waals surface area contributed by atoms with Gasteiger partial charge < -0.3 is 4.74 Å². The maximum absolute atomic E-state index is 13.0. The van der Waals surface area contributed by atoms with Crippen LogP contribution in [0.4, 0.5) is 8.78 Å². The Bertz CT molecular complexity index is 904. The van der Waals surface area contributed by atoms with E-state index in [-0.39, 0.29) is 18.2 Å². The highest BCUT2D eigenvalue weighted by molar-refractivity contribution is 7.13. The van der Waals surface area contributed by atoms with Gasteiger partial charge in [0.25, 0.3) is 0 Å². The van der Waals surface area contributed by atoms with Crippen molar-refractivity contribution in [2.75, 3.05) is 0 Å². The topological polar surface area (TPSA) is 39.2 Å². The molecule has 0 unspecified atom stereocenters. The number of ether oxygens (including phenoxy) is 1. The fourth-order valence-electron chi connectivity index (χ4n) is 2.07. The van der Waals surface area contributed by atoms with Crippen LogP contribution in [0, 0.1) is 11.6 Å². The molecule has 3 nitrogen and oxygen atoms in total. The number of halogens is 2. The van der Waals surface area contributed by atoms with E-state index in [2.05, 4.69) is 4.98 Å². The zero-order chi connectivity index (χ0) is 17.6. The standard InChI is InChI=1S/C19H13F2NO2S/c20-15-7-5-14(6-8-15)19-22-17(12-25-19)11-24-18(23)9-4-13-2-1-3-16(21)10-13/h1-10,12H,11H2/b9-4+. The Morgan fingerprint density at radius 1 is 1.12 bits per heavy atom. The van der Waals surface area contributed by atoms with Gasteiger partial charge in [-0.3, -0.25) is 0 Å². The van der Waals surface area contributed by atoms with Gasteiger partial charge in [0.15, 0.2) is 0 Å². The van der Waals surface area contributed by atoms with Gasteiger partial charge in [-0.25, -0.2) is 18.6 Å². The molecule has 2 aromatic carbocycles. The van der Waals surface area contributed by atoms with Crippen LogP contribution in [0.5, 0.6) is 0 Å². The molecule has 3 aromatic rings. The summed E-state index contributed by atoms with van der Waals surface area (Å²) in [5.41, 5.74) is 1.98. The molecule has 0 atom stereocenters. The fourth-order valence-corrected chi connectivity index (χ4v) is 2.88. The van der Waals surface area contributed by atoms with Crippen LogP contribution in [0.1, 0.15) is 11.3 Å². The second kappa shape index (κ2) is 7.81. The molecule has 0 saturated heterocycles. The van der Waals surface area contributed by atoms with Crippen LogP contribution in [0.2, 0.25) is 0 Å². The van der Waals surface area contributed by atoms with E-state index in [9.17, 15) is 13.6 Å². The number of carbonyl (C=O) groups excluding carboxylic acids is 1. The Labute approximate surface area is 147 Å². The van der Waals surface area contributed by atoms with Gasteiger partial charge >= 0.3 is 5.97 Å². The van der Waals surface area contributed by atoms with Gasteiger partial charge in [0.05, 0.1) is 5.69 Å². The van der Waals surface area contributed by atoms with Crippen molar-refractivity contribution in [3.05, 3.63) is 82.9 Å². The van der Waals surface area contributed by atoms with E-state index < -0.39 is 5.97 Å². The summed E-state index contributed by atoms with van der Waals surface area (Å²) in [6.45, 7) is 0.0318. The van der Waals surface area contributed by atoms with Crippen molar-refractivity contribution in [1.82, 2.24) is 4.98 Å². The molecule has 0 spiro atoms. The van der Waals surface area contributed by atoms with Crippen LogP contribution in [-0.2, 0) is 16.1 Å². The minimum atomic E-state index is -0.541. The van der Waals surface area contributed by atoms with Gasteiger partial charge in [0.1, 0.15) is 23.2 Å². The predicted molar refractivity (Wildman–Crippen MR) is 92.7 cm³/mol. The summed E-state index contributed by atoms with van der Waals surface area (Å²) in [6.07, 6.45) is 2.72. The third-order valence-corrected chi connectivity index (χ3v) is 4.21. The van der Waals surface area contributed by atoms with Gasteiger partial charge in [-0.15, -0.1) is 11.3 Å². The average molecular weight is 357 g/mol. The summed E-state index contributed by atoms with van der Waals surface area (Å²) in [7, 11) is 0. The Morgan fingerprint density at radius 3 is 2.68 bits per heavy atom. The lowest BCUT2D eigenvalue weighted by Crippen LogP contribution is -2.01. The van der Waals surface area contributed by atoms with Crippen LogP contribution < -0.4 is 0 Å². The number of benzene rings is 2. The fraction of sp³-hybridized carbons (Fsp3) is 0.0526. The van der Waals surface area contributed by atoms with Crippen molar-refractivity contribution < 1.29 is 18.3 Å². The number of hydrogen-bond donors (Lipinski definition) is 0. The van der Waals surface area contributed by atoms with Gasteiger partial charge in [0, 0.05) is 17.0 Å². The number of esters is 1. The van der Waals surface area contributed by atoms with E-state index in [1.807, 2.05) is 0 Å². The number of aromatic nitrogens is 1. The Hall–Kier alpha value is -2.86. The summed E-state index contributed by atoms with van der Waals surface area (Å²) in [6, 6.07) is 11.9. The Kier molecular flexibility index (Phi) is 5.30. The monoisotopic (exact) mass is 357 g/mol. The molecule has 0 bridgehead atoms. The zero-order valence-corrected chi connectivity index (χ0v) is 13.8. The maximum atomic E-state index is 13.0. The molecule has 0 saturated carbocycles. The van der Waals surface area contributed by atoms with Crippen LogP contribution in [0.3, 0.4) is 0 Å². The first kappa shape index (κ1) is 17.0. The molecule has 0 aliphatic heterocycles. The lowest BCUT2D eigenvalue weighted by molar-refractivity contribution is -0.139. The van der Waals surface area contributed by atoms with Gasteiger partial charge in [-0.2, -0.15) is 0 Å². The third-order valence-electron chi connectivity index (χ3n) is 3.27. The Balaban J connectivity index is 1.56. The zero-order valence-electron chi connectivity index (χ0n) is 13.0. The van der Waals surface area contributed by atoms with E-state index in [4.69, 9.17) is 4.74 Å². The van der Waals surface area contributed by atoms with Gasteiger partial charge in [-0.05, 0) is 48.0 Å². The van der Waals surface area contributed by atoms with E-state index in [0.29, 0.717) is 11.3 Å². The summed E-state index contributed by atoms with van der Waals surface area (Å²) >= 11 is 1.39. The minimum Gasteiger partial charge on any atom is -0.456 e. The molecule has 126 valence electrons. The molecule has 0 aliphatic carbocycles. The van der Waals surface area contributed by atoms with E-state index >= 15 is 0 Å². The van der Waals surface area contributed by atoms with Crippen LogP contribution in [-0.4, -0.2) is 11.0 Å². The summed E-state index contributed by atoms with van der Waals surface area (Å²) in [4.78, 5) is 16.1. The second-order valence-corrected chi connectivity index (χ2v) is 6.01. The molecule has 1 aromatic heterocycles. The Morgan fingerprint density at radius 2 is 1.92 bits per heavy atom. The number of carbonyl (C=O) groups is 1. The molecular formula is C19H13F2NO2S. The van der Waals surface area contributed by atoms with Crippen molar-refractivity contribution in [2.24, 2.45) is 0 Å². The predicted octanol–water partition coefficient (Wildman–Crippen LogP) is 4.84. The minimum absolute atomic E-state index is 0.0318. The molecule has 0 fully saturated rings. The van der Waals surface area contributed by atoms with Crippen molar-refractivity contribution in [1.29, 1.82) is 0 Å². The lowest BCUT2D eigenvalue weighted by Gasteiger charge is -1.99. The molecule has 25 heavy (non-hydrogen) atoms. The summed E-state index contributed by atoms with van der Waals surface area (Å²) in [5, 5.41) is 2.50. The van der Waals surface area contributed by atoms with Crippen LogP contribution in [0.25, 0.3) is 16.6 Å². The highest BCUT2D eigenvalue weighted by Gasteiger charge is 2.07. The highest BCUT2D eigenvalue weighted by atomic mass is 32.1. The normalized spacial score (nSPS) is 11.0. The first-order chi connectivity index (χ1) is 12.1. The van der Waals surface area contributed by atoms with Crippen molar-refractivity contribution in [3.8, 4) is 10.6 Å². The SMILES string of the molecule is O=C(/C=C/c1cccc(F)c1)OCc1csc(-c2ccc(F)cc2)n1. The molecule has 3 rings (SSSR count). The lowest BCUT2D eigenvalue weighted by atomic mass is 10.2. The molecular weight excluding hydrogens is 344 g/mol. The largest absolute Gasteiger partial charge is 0.456 e. The summed E-state index contributed by atoms with van der Waals surface area (Å²) < 4.78 is 31.1. The van der Waals surface area contributed by atoms with Crippen molar-refractivity contribution in [3.63, 3.8) is 0 Å². The summed E-state index contributed by atoms with van der Waals surface area (Å²) in [5.74, 6) is -1.22.